The lowest BCUT2D eigenvalue weighted by Crippen LogP contribution is -2.25. The van der Waals surface area contributed by atoms with Gasteiger partial charge in [0, 0.05) is 12.4 Å². The molecule has 3 aromatic carbocycles. The minimum atomic E-state index is -4.64. The molecule has 0 unspecified atom stereocenters. The van der Waals surface area contributed by atoms with E-state index in [1.54, 1.807) is 48.5 Å². The number of ether oxygens (including phenoxy) is 2. The number of aryl methyl sites for hydroxylation is 1. The first kappa shape index (κ1) is 23.8. The van der Waals surface area contributed by atoms with Gasteiger partial charge in [0.05, 0.1) is 23.2 Å². The van der Waals surface area contributed by atoms with Crippen molar-refractivity contribution in [3.8, 4) is 17.2 Å². The lowest BCUT2D eigenvalue weighted by molar-refractivity contribution is -0.137. The molecule has 1 heterocycles. The molecule has 180 valence electrons. The molecule has 0 saturated carbocycles. The molecule has 0 saturated heterocycles. The smallest absolute Gasteiger partial charge is 0.416 e. The van der Waals surface area contributed by atoms with Crippen molar-refractivity contribution in [2.45, 2.75) is 13.1 Å². The lowest BCUT2D eigenvalue weighted by Gasteiger charge is -2.16. The Bertz CT molecular complexity index is 1450. The first-order valence-electron chi connectivity index (χ1n) is 10.6. The second-order valence-corrected chi connectivity index (χ2v) is 7.49. The van der Waals surface area contributed by atoms with Gasteiger partial charge in [-0.1, -0.05) is 18.2 Å². The standard InChI is InChI=1S/C25H20F3N3O4/c1-3-34-16-9-11-17(12-10-16)35-21-13-8-15(25(26,27)28)14-20(21)29-23(32)22-18-6-4-5-7-19(18)24(33)31(2)30-22/h4-14H,3H2,1-2H3,(H,29,32). The van der Waals surface area contributed by atoms with Crippen molar-refractivity contribution in [1.82, 2.24) is 9.78 Å². The molecular formula is C25H20F3N3O4. The fraction of sp³-hybridized carbons (Fsp3) is 0.160. The Balaban J connectivity index is 1.72. The molecule has 0 aliphatic rings. The van der Waals surface area contributed by atoms with Crippen molar-refractivity contribution < 1.29 is 27.4 Å². The van der Waals surface area contributed by atoms with E-state index in [-0.39, 0.29) is 27.9 Å². The molecule has 0 aliphatic carbocycles. The second kappa shape index (κ2) is 9.49. The summed E-state index contributed by atoms with van der Waals surface area (Å²) in [7, 11) is 1.39. The van der Waals surface area contributed by atoms with Gasteiger partial charge in [-0.3, -0.25) is 9.59 Å². The summed E-state index contributed by atoms with van der Waals surface area (Å²) in [5.74, 6) is 0.125. The Hall–Kier alpha value is -4.34. The van der Waals surface area contributed by atoms with Crippen molar-refractivity contribution in [3.63, 3.8) is 0 Å². The highest BCUT2D eigenvalue weighted by atomic mass is 19.4. The number of amides is 1. The molecule has 35 heavy (non-hydrogen) atoms. The molecule has 10 heteroatoms. The monoisotopic (exact) mass is 483 g/mol. The summed E-state index contributed by atoms with van der Waals surface area (Å²) in [6.07, 6.45) is -4.64. The third-order valence-electron chi connectivity index (χ3n) is 5.09. The van der Waals surface area contributed by atoms with Crippen LogP contribution in [-0.2, 0) is 13.2 Å². The largest absolute Gasteiger partial charge is 0.494 e. The average molecular weight is 483 g/mol. The molecule has 1 N–H and O–H groups in total. The van der Waals surface area contributed by atoms with Gasteiger partial charge in [-0.2, -0.15) is 18.3 Å². The number of rotatable bonds is 6. The quantitative estimate of drug-likeness (QED) is 0.397. The van der Waals surface area contributed by atoms with Crippen LogP contribution in [0.1, 0.15) is 23.0 Å². The van der Waals surface area contributed by atoms with Crippen molar-refractivity contribution in [2.75, 3.05) is 11.9 Å². The average Bonchev–Trinajstić information content (AvgIpc) is 2.83. The number of anilines is 1. The van der Waals surface area contributed by atoms with Crippen LogP contribution in [-0.4, -0.2) is 22.3 Å². The number of nitrogens with zero attached hydrogens (tertiary/aromatic N) is 2. The molecule has 4 aromatic rings. The summed E-state index contributed by atoms with van der Waals surface area (Å²) in [5, 5.41) is 7.01. The molecule has 0 aliphatic heterocycles. The number of carbonyl (C=O) groups excluding carboxylic acids is 1. The molecule has 7 nitrogen and oxygen atoms in total. The molecule has 0 fully saturated rings. The second-order valence-electron chi connectivity index (χ2n) is 7.49. The van der Waals surface area contributed by atoms with Gasteiger partial charge >= 0.3 is 6.18 Å². The van der Waals surface area contributed by atoms with E-state index in [1.807, 2.05) is 6.92 Å². The number of aromatic nitrogens is 2. The Kier molecular flexibility index (Phi) is 6.46. The van der Waals surface area contributed by atoms with Gasteiger partial charge < -0.3 is 14.8 Å². The van der Waals surface area contributed by atoms with Gasteiger partial charge in [-0.25, -0.2) is 4.68 Å². The summed E-state index contributed by atoms with van der Waals surface area (Å²) >= 11 is 0. The van der Waals surface area contributed by atoms with Crippen LogP contribution in [0.4, 0.5) is 18.9 Å². The van der Waals surface area contributed by atoms with E-state index in [4.69, 9.17) is 9.47 Å². The number of benzene rings is 3. The third-order valence-corrected chi connectivity index (χ3v) is 5.09. The molecule has 1 amide bonds. The molecule has 0 bridgehead atoms. The topological polar surface area (TPSA) is 82.4 Å². The van der Waals surface area contributed by atoms with Crippen LogP contribution in [0, 0.1) is 0 Å². The summed E-state index contributed by atoms with van der Waals surface area (Å²) in [6.45, 7) is 2.31. The van der Waals surface area contributed by atoms with Crippen LogP contribution in [0.3, 0.4) is 0 Å². The van der Waals surface area contributed by atoms with Crippen LogP contribution >= 0.6 is 0 Å². The lowest BCUT2D eigenvalue weighted by atomic mass is 10.1. The van der Waals surface area contributed by atoms with Gasteiger partial charge in [0.25, 0.3) is 11.5 Å². The first-order valence-corrected chi connectivity index (χ1v) is 10.6. The van der Waals surface area contributed by atoms with E-state index in [2.05, 4.69) is 10.4 Å². The van der Waals surface area contributed by atoms with Gasteiger partial charge in [0.15, 0.2) is 11.4 Å². The Morgan fingerprint density at radius 2 is 1.66 bits per heavy atom. The van der Waals surface area contributed by atoms with E-state index in [0.717, 1.165) is 22.9 Å². The highest BCUT2D eigenvalue weighted by molar-refractivity contribution is 6.11. The Morgan fingerprint density at radius 3 is 2.31 bits per heavy atom. The third kappa shape index (κ3) is 5.11. The van der Waals surface area contributed by atoms with Crippen LogP contribution < -0.4 is 20.3 Å². The number of carbonyl (C=O) groups is 1. The van der Waals surface area contributed by atoms with Gasteiger partial charge in [0.1, 0.15) is 11.5 Å². The zero-order valence-corrected chi connectivity index (χ0v) is 18.7. The van der Waals surface area contributed by atoms with Crippen LogP contribution in [0.5, 0.6) is 17.2 Å². The zero-order chi connectivity index (χ0) is 25.2. The number of nitrogens with one attached hydrogen (secondary N) is 1. The van der Waals surface area contributed by atoms with Crippen molar-refractivity contribution in [3.05, 3.63) is 88.3 Å². The van der Waals surface area contributed by atoms with Crippen LogP contribution in [0.25, 0.3) is 10.8 Å². The predicted octanol–water partition coefficient (Wildman–Crippen LogP) is 5.40. The first-order chi connectivity index (χ1) is 16.7. The van der Waals surface area contributed by atoms with E-state index in [1.165, 1.54) is 7.05 Å². The maximum absolute atomic E-state index is 13.4. The SMILES string of the molecule is CCOc1ccc(Oc2ccc(C(F)(F)F)cc2NC(=O)c2nn(C)c(=O)c3ccccc23)cc1. The summed E-state index contributed by atoms with van der Waals surface area (Å²) in [4.78, 5) is 25.5. The Morgan fingerprint density at radius 1 is 1.00 bits per heavy atom. The van der Waals surface area contributed by atoms with E-state index in [0.29, 0.717) is 18.1 Å². The van der Waals surface area contributed by atoms with Gasteiger partial charge in [-0.15, -0.1) is 0 Å². The Labute approximate surface area is 197 Å². The summed E-state index contributed by atoms with van der Waals surface area (Å²) in [5.41, 5.74) is -1.70. The van der Waals surface area contributed by atoms with E-state index >= 15 is 0 Å². The number of halogens is 3. The van der Waals surface area contributed by atoms with E-state index in [9.17, 15) is 22.8 Å². The highest BCUT2D eigenvalue weighted by Gasteiger charge is 2.31. The van der Waals surface area contributed by atoms with Crippen molar-refractivity contribution in [2.24, 2.45) is 7.05 Å². The fourth-order valence-corrected chi connectivity index (χ4v) is 3.44. The van der Waals surface area contributed by atoms with Gasteiger partial charge in [-0.05, 0) is 55.5 Å². The number of hydrogen-bond acceptors (Lipinski definition) is 5. The molecule has 4 rings (SSSR count). The maximum Gasteiger partial charge on any atom is 0.416 e. The number of fused-ring (bicyclic) bond motifs is 1. The number of hydrogen-bond donors (Lipinski definition) is 1. The summed E-state index contributed by atoms with van der Waals surface area (Å²) < 4.78 is 52.3. The number of alkyl halides is 3. The molecule has 1 aromatic heterocycles. The van der Waals surface area contributed by atoms with Crippen molar-refractivity contribution >= 4 is 22.4 Å². The molecular weight excluding hydrogens is 463 g/mol. The minimum absolute atomic E-state index is 0.00960. The van der Waals surface area contributed by atoms with Gasteiger partial charge in [0.2, 0.25) is 0 Å². The zero-order valence-electron chi connectivity index (χ0n) is 18.7. The highest BCUT2D eigenvalue weighted by Crippen LogP contribution is 2.37. The normalized spacial score (nSPS) is 11.3. The van der Waals surface area contributed by atoms with E-state index < -0.39 is 23.2 Å². The van der Waals surface area contributed by atoms with Crippen LogP contribution in [0.2, 0.25) is 0 Å². The molecule has 0 atom stereocenters. The molecule has 0 radical (unpaired) electrons. The van der Waals surface area contributed by atoms with Crippen LogP contribution in [0.15, 0.2) is 71.5 Å². The maximum atomic E-state index is 13.4. The molecule has 0 spiro atoms. The minimum Gasteiger partial charge on any atom is -0.494 e. The predicted molar refractivity (Wildman–Crippen MR) is 124 cm³/mol. The van der Waals surface area contributed by atoms with Crippen molar-refractivity contribution in [1.29, 1.82) is 0 Å². The fourth-order valence-electron chi connectivity index (χ4n) is 3.44. The summed E-state index contributed by atoms with van der Waals surface area (Å²) in [6, 6.07) is 15.6.